The van der Waals surface area contributed by atoms with Gasteiger partial charge in [0.2, 0.25) is 0 Å². The van der Waals surface area contributed by atoms with Crippen LogP contribution in [0.3, 0.4) is 0 Å². The zero-order chi connectivity index (χ0) is 17.1. The Morgan fingerprint density at radius 3 is 2.62 bits per heavy atom. The van der Waals surface area contributed by atoms with E-state index in [0.29, 0.717) is 0 Å². The van der Waals surface area contributed by atoms with Gasteiger partial charge in [0.15, 0.2) is 17.3 Å². The molecule has 1 aliphatic rings. The van der Waals surface area contributed by atoms with Crippen LogP contribution in [0, 0.1) is 0 Å². The summed E-state index contributed by atoms with van der Waals surface area (Å²) < 4.78 is 6.42. The Morgan fingerprint density at radius 2 is 1.96 bits per heavy atom. The van der Waals surface area contributed by atoms with Crippen molar-refractivity contribution >= 4 is 17.6 Å². The molecule has 2 aromatic rings. The molecular formula is C15H21N7O2. The van der Waals surface area contributed by atoms with E-state index in [-0.39, 0.29) is 11.7 Å². The summed E-state index contributed by atoms with van der Waals surface area (Å²) >= 11 is 0. The lowest BCUT2D eigenvalue weighted by Gasteiger charge is -2.33. The van der Waals surface area contributed by atoms with Crippen LogP contribution in [0.4, 0.5) is 11.6 Å². The minimum Gasteiger partial charge on any atom is -0.464 e. The third-order valence-electron chi connectivity index (χ3n) is 4.13. The molecule has 24 heavy (non-hydrogen) atoms. The van der Waals surface area contributed by atoms with Gasteiger partial charge in [-0.15, -0.1) is 5.10 Å². The largest absolute Gasteiger partial charge is 0.464 e. The minimum absolute atomic E-state index is 0.214. The van der Waals surface area contributed by atoms with E-state index in [1.54, 1.807) is 23.3 Å². The van der Waals surface area contributed by atoms with Crippen LogP contribution in [-0.4, -0.2) is 65.2 Å². The van der Waals surface area contributed by atoms with Crippen LogP contribution in [-0.2, 0) is 4.74 Å². The Morgan fingerprint density at radius 1 is 1.25 bits per heavy atom. The van der Waals surface area contributed by atoms with E-state index < -0.39 is 5.97 Å². The van der Waals surface area contributed by atoms with Gasteiger partial charge in [-0.05, 0) is 12.8 Å². The predicted octanol–water partition coefficient (Wildman–Crippen LogP) is 0.762. The highest BCUT2D eigenvalue weighted by Crippen LogP contribution is 2.29. The number of hydrogen-bond acceptors (Lipinski definition) is 8. The predicted molar refractivity (Wildman–Crippen MR) is 88.2 cm³/mol. The number of methoxy groups -OCH3 is 1. The molecule has 128 valence electrons. The molecule has 3 rings (SSSR count). The van der Waals surface area contributed by atoms with Crippen molar-refractivity contribution in [2.45, 2.75) is 18.9 Å². The first kappa shape index (κ1) is 16.2. The second kappa shape index (κ2) is 6.81. The molecule has 0 unspecified atom stereocenters. The van der Waals surface area contributed by atoms with Crippen molar-refractivity contribution in [2.75, 3.05) is 44.1 Å². The maximum Gasteiger partial charge on any atom is 0.360 e. The highest BCUT2D eigenvalue weighted by molar-refractivity contribution is 5.86. The van der Waals surface area contributed by atoms with Crippen molar-refractivity contribution in [3.63, 3.8) is 0 Å². The number of carbonyl (C=O) groups is 1. The highest BCUT2D eigenvalue weighted by Gasteiger charge is 2.25. The molecule has 0 atom stereocenters. The summed E-state index contributed by atoms with van der Waals surface area (Å²) in [6.45, 7) is 1.69. The molecule has 1 saturated heterocycles. The Labute approximate surface area is 140 Å². The van der Waals surface area contributed by atoms with Gasteiger partial charge in [-0.1, -0.05) is 5.21 Å². The standard InChI is InChI=1S/C15H21N7O2/c1-20(2)13-14(17-7-6-16-13)21-8-4-11(5-9-21)22-10-12(18-19-22)15(23)24-3/h6-7,10-11H,4-5,8-9H2,1-3H3. The molecule has 0 amide bonds. The molecule has 0 spiro atoms. The van der Waals surface area contributed by atoms with Crippen molar-refractivity contribution in [3.05, 3.63) is 24.3 Å². The fourth-order valence-electron chi connectivity index (χ4n) is 2.86. The zero-order valence-corrected chi connectivity index (χ0v) is 14.1. The second-order valence-corrected chi connectivity index (χ2v) is 5.89. The van der Waals surface area contributed by atoms with E-state index >= 15 is 0 Å². The summed E-state index contributed by atoms with van der Waals surface area (Å²) in [5.41, 5.74) is 0.240. The van der Waals surface area contributed by atoms with E-state index in [1.165, 1.54) is 7.11 Å². The summed E-state index contributed by atoms with van der Waals surface area (Å²) in [7, 11) is 5.26. The van der Waals surface area contributed by atoms with Crippen LogP contribution in [0.2, 0.25) is 0 Å². The Hall–Kier alpha value is -2.71. The topological polar surface area (TPSA) is 89.3 Å². The van der Waals surface area contributed by atoms with Gasteiger partial charge in [-0.25, -0.2) is 19.4 Å². The van der Waals surface area contributed by atoms with E-state index in [4.69, 9.17) is 0 Å². The molecule has 2 aromatic heterocycles. The first-order valence-corrected chi connectivity index (χ1v) is 7.83. The van der Waals surface area contributed by atoms with Crippen molar-refractivity contribution in [1.82, 2.24) is 25.0 Å². The van der Waals surface area contributed by atoms with E-state index in [9.17, 15) is 4.79 Å². The minimum atomic E-state index is -0.464. The molecule has 1 fully saturated rings. The second-order valence-electron chi connectivity index (χ2n) is 5.89. The first-order valence-electron chi connectivity index (χ1n) is 7.83. The normalized spacial score (nSPS) is 15.4. The number of aromatic nitrogens is 5. The Kier molecular flexibility index (Phi) is 4.59. The zero-order valence-electron chi connectivity index (χ0n) is 14.1. The monoisotopic (exact) mass is 331 g/mol. The maximum atomic E-state index is 11.5. The van der Waals surface area contributed by atoms with Gasteiger partial charge in [-0.2, -0.15) is 0 Å². The third kappa shape index (κ3) is 3.15. The number of esters is 1. The molecule has 1 aliphatic heterocycles. The van der Waals surface area contributed by atoms with Gasteiger partial charge in [0.05, 0.1) is 19.3 Å². The van der Waals surface area contributed by atoms with Gasteiger partial charge >= 0.3 is 5.97 Å². The molecule has 0 aliphatic carbocycles. The summed E-state index contributed by atoms with van der Waals surface area (Å²) in [5.74, 6) is 1.30. The maximum absolute atomic E-state index is 11.5. The summed E-state index contributed by atoms with van der Waals surface area (Å²) in [6, 6.07) is 0.214. The van der Waals surface area contributed by atoms with E-state index in [1.807, 2.05) is 19.0 Å². The van der Waals surface area contributed by atoms with Gasteiger partial charge in [0, 0.05) is 39.6 Å². The van der Waals surface area contributed by atoms with Crippen LogP contribution >= 0.6 is 0 Å². The Bertz CT molecular complexity index is 707. The van der Waals surface area contributed by atoms with Crippen molar-refractivity contribution in [3.8, 4) is 0 Å². The fourth-order valence-corrected chi connectivity index (χ4v) is 2.86. The summed E-state index contributed by atoms with van der Waals surface area (Å²) in [5, 5.41) is 7.94. The molecule has 9 heteroatoms. The molecule has 0 N–H and O–H groups in total. The van der Waals surface area contributed by atoms with E-state index in [0.717, 1.165) is 37.6 Å². The number of anilines is 2. The van der Waals surface area contributed by atoms with Gasteiger partial charge in [0.1, 0.15) is 0 Å². The molecule has 9 nitrogen and oxygen atoms in total. The lowest BCUT2D eigenvalue weighted by molar-refractivity contribution is 0.0594. The van der Waals surface area contributed by atoms with E-state index in [2.05, 4.69) is 29.9 Å². The number of rotatable bonds is 4. The van der Waals surface area contributed by atoms with Crippen LogP contribution in [0.25, 0.3) is 0 Å². The number of piperidine rings is 1. The Balaban J connectivity index is 1.68. The molecular weight excluding hydrogens is 310 g/mol. The number of carbonyl (C=O) groups excluding carboxylic acids is 1. The van der Waals surface area contributed by atoms with Crippen LogP contribution < -0.4 is 9.80 Å². The number of hydrogen-bond donors (Lipinski definition) is 0. The van der Waals surface area contributed by atoms with Crippen molar-refractivity contribution in [2.24, 2.45) is 0 Å². The van der Waals surface area contributed by atoms with Crippen molar-refractivity contribution in [1.29, 1.82) is 0 Å². The number of nitrogens with zero attached hydrogens (tertiary/aromatic N) is 7. The lowest BCUT2D eigenvalue weighted by Crippen LogP contribution is -2.36. The van der Waals surface area contributed by atoms with Crippen LogP contribution in [0.15, 0.2) is 18.6 Å². The molecule has 0 saturated carbocycles. The van der Waals surface area contributed by atoms with Crippen molar-refractivity contribution < 1.29 is 9.53 Å². The molecule has 0 bridgehead atoms. The van der Waals surface area contributed by atoms with Crippen LogP contribution in [0.5, 0.6) is 0 Å². The van der Waals surface area contributed by atoms with Gasteiger partial charge < -0.3 is 14.5 Å². The van der Waals surface area contributed by atoms with Crippen LogP contribution in [0.1, 0.15) is 29.4 Å². The lowest BCUT2D eigenvalue weighted by atomic mass is 10.1. The SMILES string of the molecule is COC(=O)c1cn(C2CCN(c3nccnc3N(C)C)CC2)nn1. The van der Waals surface area contributed by atoms with Gasteiger partial charge in [-0.3, -0.25) is 0 Å². The van der Waals surface area contributed by atoms with Gasteiger partial charge in [0.25, 0.3) is 0 Å². The fraction of sp³-hybridized carbons (Fsp3) is 0.533. The third-order valence-corrected chi connectivity index (χ3v) is 4.13. The quantitative estimate of drug-likeness (QED) is 0.759. The number of ether oxygens (including phenoxy) is 1. The first-order chi connectivity index (χ1) is 11.6. The highest BCUT2D eigenvalue weighted by atomic mass is 16.5. The molecule has 0 aromatic carbocycles. The average Bonchev–Trinajstić information content (AvgIpc) is 3.11. The smallest absolute Gasteiger partial charge is 0.360 e. The molecule has 0 radical (unpaired) electrons. The molecule has 3 heterocycles. The summed E-state index contributed by atoms with van der Waals surface area (Å²) in [4.78, 5) is 24.6. The summed E-state index contributed by atoms with van der Waals surface area (Å²) in [6.07, 6.45) is 6.87. The average molecular weight is 331 g/mol.